The maximum Gasteiger partial charge on any atom is 0.179 e. The first-order valence-electron chi connectivity index (χ1n) is 5.91. The van der Waals surface area contributed by atoms with Gasteiger partial charge >= 0.3 is 0 Å². The molecule has 2 N–H and O–H groups in total. The van der Waals surface area contributed by atoms with Gasteiger partial charge in [0, 0.05) is 18.9 Å². The summed E-state index contributed by atoms with van der Waals surface area (Å²) in [5.41, 5.74) is 6.49. The Hall–Kier alpha value is -1.72. The van der Waals surface area contributed by atoms with Crippen molar-refractivity contribution >= 4 is 11.6 Å². The molecule has 19 heavy (non-hydrogen) atoms. The topological polar surface area (TPSA) is 62.3 Å². The smallest absolute Gasteiger partial charge is 0.179 e. The Morgan fingerprint density at radius 3 is 2.89 bits per heavy atom. The van der Waals surface area contributed by atoms with E-state index in [4.69, 9.17) is 26.8 Å². The molecule has 0 spiro atoms. The van der Waals surface area contributed by atoms with E-state index in [1.807, 2.05) is 18.3 Å². The lowest BCUT2D eigenvalue weighted by Crippen LogP contribution is -2.09. The fraction of sp³-hybridized carbons (Fsp3) is 0.308. The number of benzene rings is 1. The van der Waals surface area contributed by atoms with E-state index in [9.17, 15) is 0 Å². The molecular formula is C13H16ClN3O2. The standard InChI is InChI=1S/C13H16ClN3O2/c1-18-12-8-10(9-15)7-11(14)13(12)19-6-5-17-4-2-3-16-17/h2-4,7-8H,5-6,9,15H2,1H3. The van der Waals surface area contributed by atoms with E-state index >= 15 is 0 Å². The molecule has 5 nitrogen and oxygen atoms in total. The second kappa shape index (κ2) is 6.45. The van der Waals surface area contributed by atoms with Crippen molar-refractivity contribution in [1.82, 2.24) is 9.78 Å². The summed E-state index contributed by atoms with van der Waals surface area (Å²) in [7, 11) is 1.58. The number of hydrogen-bond donors (Lipinski definition) is 1. The monoisotopic (exact) mass is 281 g/mol. The summed E-state index contributed by atoms with van der Waals surface area (Å²) in [6.45, 7) is 1.51. The van der Waals surface area contributed by atoms with Crippen LogP contribution < -0.4 is 15.2 Å². The van der Waals surface area contributed by atoms with Gasteiger partial charge in [0.15, 0.2) is 11.5 Å². The molecule has 0 aliphatic heterocycles. The molecule has 0 bridgehead atoms. The lowest BCUT2D eigenvalue weighted by Gasteiger charge is -2.13. The van der Waals surface area contributed by atoms with E-state index in [0.29, 0.717) is 36.2 Å². The van der Waals surface area contributed by atoms with Crippen LogP contribution in [-0.4, -0.2) is 23.5 Å². The molecule has 6 heteroatoms. The van der Waals surface area contributed by atoms with Gasteiger partial charge in [-0.15, -0.1) is 0 Å². The summed E-state index contributed by atoms with van der Waals surface area (Å²) >= 11 is 6.17. The third-order valence-corrected chi connectivity index (χ3v) is 2.93. The Morgan fingerprint density at radius 2 is 2.26 bits per heavy atom. The number of hydrogen-bond acceptors (Lipinski definition) is 4. The van der Waals surface area contributed by atoms with Crippen LogP contribution in [0.2, 0.25) is 5.02 Å². The van der Waals surface area contributed by atoms with Gasteiger partial charge in [0.1, 0.15) is 6.61 Å². The van der Waals surface area contributed by atoms with Crippen molar-refractivity contribution in [2.45, 2.75) is 13.1 Å². The lowest BCUT2D eigenvalue weighted by atomic mass is 10.2. The number of aromatic nitrogens is 2. The van der Waals surface area contributed by atoms with Crippen molar-refractivity contribution in [3.05, 3.63) is 41.2 Å². The molecule has 1 aromatic heterocycles. The minimum absolute atomic E-state index is 0.406. The summed E-state index contributed by atoms with van der Waals surface area (Å²) in [4.78, 5) is 0. The van der Waals surface area contributed by atoms with Crippen LogP contribution in [0.15, 0.2) is 30.6 Å². The summed E-state index contributed by atoms with van der Waals surface area (Å²) in [6.07, 6.45) is 3.60. The van der Waals surface area contributed by atoms with E-state index in [2.05, 4.69) is 5.10 Å². The first kappa shape index (κ1) is 13.7. The molecule has 0 aliphatic carbocycles. The molecule has 1 aromatic carbocycles. The lowest BCUT2D eigenvalue weighted by molar-refractivity contribution is 0.274. The van der Waals surface area contributed by atoms with Gasteiger partial charge in [0.2, 0.25) is 0 Å². The Labute approximate surface area is 116 Å². The van der Waals surface area contributed by atoms with E-state index in [1.165, 1.54) is 0 Å². The van der Waals surface area contributed by atoms with Gasteiger partial charge in [-0.2, -0.15) is 5.10 Å². The van der Waals surface area contributed by atoms with Gasteiger partial charge < -0.3 is 15.2 Å². The van der Waals surface area contributed by atoms with Gasteiger partial charge in [-0.3, -0.25) is 4.68 Å². The Kier molecular flexibility index (Phi) is 4.65. The van der Waals surface area contributed by atoms with Gasteiger partial charge in [-0.1, -0.05) is 11.6 Å². The van der Waals surface area contributed by atoms with E-state index in [1.54, 1.807) is 24.1 Å². The second-order valence-electron chi connectivity index (χ2n) is 3.93. The van der Waals surface area contributed by atoms with Crippen LogP contribution in [0.3, 0.4) is 0 Å². The van der Waals surface area contributed by atoms with Crippen LogP contribution in [0.1, 0.15) is 5.56 Å². The second-order valence-corrected chi connectivity index (χ2v) is 4.34. The Morgan fingerprint density at radius 1 is 1.42 bits per heavy atom. The predicted molar refractivity (Wildman–Crippen MR) is 73.6 cm³/mol. The summed E-state index contributed by atoms with van der Waals surface area (Å²) in [6, 6.07) is 5.48. The summed E-state index contributed by atoms with van der Waals surface area (Å²) < 4.78 is 12.7. The zero-order valence-electron chi connectivity index (χ0n) is 10.7. The number of rotatable bonds is 6. The summed E-state index contributed by atoms with van der Waals surface area (Å²) in [5, 5.41) is 4.60. The molecule has 0 saturated heterocycles. The van der Waals surface area contributed by atoms with E-state index in [-0.39, 0.29) is 0 Å². The molecule has 0 radical (unpaired) electrons. The van der Waals surface area contributed by atoms with Crippen molar-refractivity contribution in [3.63, 3.8) is 0 Å². The number of halogens is 1. The van der Waals surface area contributed by atoms with Crippen LogP contribution in [-0.2, 0) is 13.1 Å². The Balaban J connectivity index is 2.06. The maximum atomic E-state index is 6.17. The molecular weight excluding hydrogens is 266 g/mol. The van der Waals surface area contributed by atoms with E-state index < -0.39 is 0 Å². The quantitative estimate of drug-likeness (QED) is 0.881. The molecule has 0 amide bonds. The van der Waals surface area contributed by atoms with Crippen molar-refractivity contribution < 1.29 is 9.47 Å². The molecule has 1 heterocycles. The van der Waals surface area contributed by atoms with Gasteiger partial charge in [0.25, 0.3) is 0 Å². The normalized spacial score (nSPS) is 10.5. The minimum atomic E-state index is 0.406. The third kappa shape index (κ3) is 3.39. The van der Waals surface area contributed by atoms with Crippen LogP contribution >= 0.6 is 11.6 Å². The highest BCUT2D eigenvalue weighted by atomic mass is 35.5. The van der Waals surface area contributed by atoms with Gasteiger partial charge in [-0.05, 0) is 23.8 Å². The SMILES string of the molecule is COc1cc(CN)cc(Cl)c1OCCn1cccn1. The highest BCUT2D eigenvalue weighted by molar-refractivity contribution is 6.32. The number of methoxy groups -OCH3 is 1. The zero-order valence-corrected chi connectivity index (χ0v) is 11.4. The molecule has 2 aromatic rings. The first-order chi connectivity index (χ1) is 9.24. The highest BCUT2D eigenvalue weighted by Crippen LogP contribution is 2.36. The highest BCUT2D eigenvalue weighted by Gasteiger charge is 2.11. The molecule has 0 unspecified atom stereocenters. The van der Waals surface area contributed by atoms with Crippen LogP contribution in [0.25, 0.3) is 0 Å². The molecule has 0 aliphatic rings. The van der Waals surface area contributed by atoms with Crippen LogP contribution in [0.5, 0.6) is 11.5 Å². The molecule has 0 atom stereocenters. The van der Waals surface area contributed by atoms with Gasteiger partial charge in [-0.25, -0.2) is 0 Å². The largest absolute Gasteiger partial charge is 0.493 e. The van der Waals surface area contributed by atoms with Crippen molar-refractivity contribution in [2.24, 2.45) is 5.73 Å². The molecule has 0 saturated carbocycles. The van der Waals surface area contributed by atoms with E-state index in [0.717, 1.165) is 5.56 Å². The van der Waals surface area contributed by atoms with Gasteiger partial charge in [0.05, 0.1) is 18.7 Å². The molecule has 2 rings (SSSR count). The summed E-state index contributed by atoms with van der Waals surface area (Å²) in [5.74, 6) is 1.13. The zero-order chi connectivity index (χ0) is 13.7. The number of ether oxygens (including phenoxy) is 2. The minimum Gasteiger partial charge on any atom is -0.493 e. The number of nitrogens with zero attached hydrogens (tertiary/aromatic N) is 2. The maximum absolute atomic E-state index is 6.17. The predicted octanol–water partition coefficient (Wildman–Crippen LogP) is 2.08. The fourth-order valence-corrected chi connectivity index (χ4v) is 1.99. The molecule has 102 valence electrons. The number of nitrogens with two attached hydrogens (primary N) is 1. The average molecular weight is 282 g/mol. The average Bonchev–Trinajstić information content (AvgIpc) is 2.93. The van der Waals surface area contributed by atoms with Crippen molar-refractivity contribution in [2.75, 3.05) is 13.7 Å². The Bertz CT molecular complexity index is 529. The molecule has 0 fully saturated rings. The van der Waals surface area contributed by atoms with Crippen molar-refractivity contribution in [1.29, 1.82) is 0 Å². The first-order valence-corrected chi connectivity index (χ1v) is 6.29. The van der Waals surface area contributed by atoms with Crippen LogP contribution in [0, 0.1) is 0 Å². The van der Waals surface area contributed by atoms with Crippen molar-refractivity contribution in [3.8, 4) is 11.5 Å². The third-order valence-electron chi connectivity index (χ3n) is 2.65. The fourth-order valence-electron chi connectivity index (χ4n) is 1.71. The van der Waals surface area contributed by atoms with Crippen LogP contribution in [0.4, 0.5) is 0 Å².